The summed E-state index contributed by atoms with van der Waals surface area (Å²) in [7, 11) is 0. The number of Topliss-reactive ketones (excluding diaryl/α,β-unsaturated/α-hetero) is 1. The van der Waals surface area contributed by atoms with Crippen molar-refractivity contribution in [3.8, 4) is 0 Å². The predicted octanol–water partition coefficient (Wildman–Crippen LogP) is 4.46. The standard InChI is InChI=1S/C24H24FN3O2/c1-14-20(23(30)28-17-6-4-5-16(25)11-17)21(15-7-9-26-10-8-15)22-18(27-14)12-24(2,3)13-19(22)29/h4-11,21,27H,12-13H2,1-3H3,(H,28,30)/t21-/m0/s1. The SMILES string of the molecule is CC1=C(C(=O)Nc2cccc(F)c2)[C@H](c2ccncc2)C2=C(CC(C)(C)CC2=O)N1. The number of amides is 1. The van der Waals surface area contributed by atoms with Crippen molar-refractivity contribution in [2.45, 2.75) is 39.5 Å². The second-order valence-electron chi connectivity index (χ2n) is 8.67. The Morgan fingerprint density at radius 2 is 1.93 bits per heavy atom. The fourth-order valence-electron chi connectivity index (χ4n) is 4.39. The van der Waals surface area contributed by atoms with E-state index in [-0.39, 0.29) is 17.1 Å². The molecule has 5 nitrogen and oxygen atoms in total. The van der Waals surface area contributed by atoms with Gasteiger partial charge in [-0.3, -0.25) is 14.6 Å². The maximum Gasteiger partial charge on any atom is 0.254 e. The molecule has 0 saturated carbocycles. The molecular weight excluding hydrogens is 381 g/mol. The third-order valence-electron chi connectivity index (χ3n) is 5.61. The highest BCUT2D eigenvalue weighted by Crippen LogP contribution is 2.46. The Morgan fingerprint density at radius 1 is 1.20 bits per heavy atom. The number of pyridine rings is 1. The van der Waals surface area contributed by atoms with Crippen LogP contribution in [0.15, 0.2) is 71.3 Å². The number of anilines is 1. The zero-order valence-electron chi connectivity index (χ0n) is 17.3. The second-order valence-corrected chi connectivity index (χ2v) is 8.67. The van der Waals surface area contributed by atoms with Crippen molar-refractivity contribution in [1.29, 1.82) is 0 Å². The number of dihydropyridines is 1. The largest absolute Gasteiger partial charge is 0.362 e. The van der Waals surface area contributed by atoms with E-state index in [0.717, 1.165) is 17.7 Å². The Kier molecular flexibility index (Phi) is 5.02. The first-order valence-corrected chi connectivity index (χ1v) is 9.96. The molecule has 2 aliphatic rings. The quantitative estimate of drug-likeness (QED) is 0.791. The molecule has 1 aliphatic heterocycles. The van der Waals surface area contributed by atoms with Crippen LogP contribution in [0.25, 0.3) is 0 Å². The van der Waals surface area contributed by atoms with E-state index >= 15 is 0 Å². The van der Waals surface area contributed by atoms with Crippen molar-refractivity contribution in [1.82, 2.24) is 10.3 Å². The number of nitrogens with one attached hydrogen (secondary N) is 2. The molecule has 0 unspecified atom stereocenters. The third-order valence-corrected chi connectivity index (χ3v) is 5.61. The van der Waals surface area contributed by atoms with Gasteiger partial charge in [0.1, 0.15) is 5.82 Å². The van der Waals surface area contributed by atoms with Crippen molar-refractivity contribution in [2.75, 3.05) is 5.32 Å². The number of benzene rings is 1. The molecule has 2 aromatic rings. The van der Waals surface area contributed by atoms with Crippen LogP contribution >= 0.6 is 0 Å². The molecule has 4 rings (SSSR count). The summed E-state index contributed by atoms with van der Waals surface area (Å²) < 4.78 is 13.6. The maximum absolute atomic E-state index is 13.6. The topological polar surface area (TPSA) is 71.1 Å². The molecule has 0 radical (unpaired) electrons. The van der Waals surface area contributed by atoms with Crippen LogP contribution in [0.3, 0.4) is 0 Å². The molecule has 0 bridgehead atoms. The summed E-state index contributed by atoms with van der Waals surface area (Å²) in [6, 6.07) is 9.42. The number of nitrogens with zero attached hydrogens (tertiary/aromatic N) is 1. The predicted molar refractivity (Wildman–Crippen MR) is 113 cm³/mol. The highest BCUT2D eigenvalue weighted by Gasteiger charge is 2.42. The Balaban J connectivity index is 1.79. The average molecular weight is 405 g/mol. The summed E-state index contributed by atoms with van der Waals surface area (Å²) in [6.45, 7) is 5.98. The van der Waals surface area contributed by atoms with E-state index in [4.69, 9.17) is 0 Å². The molecule has 1 aliphatic carbocycles. The summed E-state index contributed by atoms with van der Waals surface area (Å²) in [5.74, 6) is -1.25. The van der Waals surface area contributed by atoms with Gasteiger partial charge in [-0.2, -0.15) is 0 Å². The molecule has 6 heteroatoms. The molecule has 0 saturated heterocycles. The van der Waals surface area contributed by atoms with Crippen molar-refractivity contribution in [3.63, 3.8) is 0 Å². The van der Waals surface area contributed by atoms with E-state index < -0.39 is 11.7 Å². The molecule has 30 heavy (non-hydrogen) atoms. The van der Waals surface area contributed by atoms with E-state index in [2.05, 4.69) is 29.5 Å². The van der Waals surface area contributed by atoms with E-state index in [0.29, 0.717) is 29.0 Å². The van der Waals surface area contributed by atoms with Crippen LogP contribution in [0.4, 0.5) is 10.1 Å². The fraction of sp³-hybridized carbons (Fsp3) is 0.292. The average Bonchev–Trinajstić information content (AvgIpc) is 2.66. The van der Waals surface area contributed by atoms with Crippen LogP contribution in [0.2, 0.25) is 0 Å². The Labute approximate surface area is 175 Å². The highest BCUT2D eigenvalue weighted by atomic mass is 19.1. The minimum Gasteiger partial charge on any atom is -0.362 e. The van der Waals surface area contributed by atoms with Gasteiger partial charge in [0.25, 0.3) is 5.91 Å². The summed E-state index contributed by atoms with van der Waals surface area (Å²) in [5, 5.41) is 6.10. The minimum atomic E-state index is -0.499. The number of carbonyl (C=O) groups excluding carboxylic acids is 2. The summed E-state index contributed by atoms with van der Waals surface area (Å²) in [6.07, 6.45) is 4.47. The molecule has 154 valence electrons. The lowest BCUT2D eigenvalue weighted by Gasteiger charge is -2.39. The zero-order valence-corrected chi connectivity index (χ0v) is 17.3. The Bertz CT molecular complexity index is 1090. The van der Waals surface area contributed by atoms with Crippen LogP contribution in [0.5, 0.6) is 0 Å². The van der Waals surface area contributed by atoms with Gasteiger partial charge in [0.05, 0.1) is 0 Å². The van der Waals surface area contributed by atoms with Crippen molar-refractivity contribution >= 4 is 17.4 Å². The molecule has 0 fully saturated rings. The van der Waals surface area contributed by atoms with Gasteiger partial charge in [-0.15, -0.1) is 0 Å². The molecule has 1 amide bonds. The first-order valence-electron chi connectivity index (χ1n) is 9.96. The van der Waals surface area contributed by atoms with Gasteiger partial charge in [-0.05, 0) is 54.7 Å². The summed E-state index contributed by atoms with van der Waals surface area (Å²) >= 11 is 0. The normalized spacial score (nSPS) is 20.5. The molecule has 2 heterocycles. The lowest BCUT2D eigenvalue weighted by atomic mass is 9.68. The number of aromatic nitrogens is 1. The van der Waals surface area contributed by atoms with Gasteiger partial charge < -0.3 is 10.6 Å². The number of ketones is 1. The molecule has 1 aromatic carbocycles. The molecule has 1 aromatic heterocycles. The van der Waals surface area contributed by atoms with Gasteiger partial charge in [0.15, 0.2) is 5.78 Å². The summed E-state index contributed by atoms with van der Waals surface area (Å²) in [5.41, 5.74) is 3.70. The number of allylic oxidation sites excluding steroid dienone is 3. The highest BCUT2D eigenvalue weighted by molar-refractivity contribution is 6.09. The van der Waals surface area contributed by atoms with Gasteiger partial charge in [0.2, 0.25) is 0 Å². The van der Waals surface area contributed by atoms with E-state index in [9.17, 15) is 14.0 Å². The monoisotopic (exact) mass is 405 g/mol. The van der Waals surface area contributed by atoms with Gasteiger partial charge in [-0.25, -0.2) is 4.39 Å². The molecule has 2 N–H and O–H groups in total. The maximum atomic E-state index is 13.6. The number of hydrogen-bond donors (Lipinski definition) is 2. The third kappa shape index (κ3) is 3.77. The number of halogens is 1. The van der Waals surface area contributed by atoms with Gasteiger partial charge in [-0.1, -0.05) is 19.9 Å². The van der Waals surface area contributed by atoms with E-state index in [1.165, 1.54) is 12.1 Å². The van der Waals surface area contributed by atoms with Gasteiger partial charge >= 0.3 is 0 Å². The van der Waals surface area contributed by atoms with Crippen LogP contribution in [-0.2, 0) is 9.59 Å². The minimum absolute atomic E-state index is 0.0408. The summed E-state index contributed by atoms with van der Waals surface area (Å²) in [4.78, 5) is 30.6. The molecule has 0 spiro atoms. The molecule has 1 atom stereocenters. The number of rotatable bonds is 3. The molecular formula is C24H24FN3O2. The first kappa shape index (κ1) is 20.0. The first-order chi connectivity index (χ1) is 14.2. The van der Waals surface area contributed by atoms with Crippen LogP contribution in [0, 0.1) is 11.2 Å². The fourth-order valence-corrected chi connectivity index (χ4v) is 4.39. The van der Waals surface area contributed by atoms with Crippen molar-refractivity contribution in [2.24, 2.45) is 5.41 Å². The smallest absolute Gasteiger partial charge is 0.254 e. The van der Waals surface area contributed by atoms with E-state index in [1.807, 2.05) is 19.1 Å². The van der Waals surface area contributed by atoms with Crippen molar-refractivity contribution < 1.29 is 14.0 Å². The van der Waals surface area contributed by atoms with E-state index in [1.54, 1.807) is 24.5 Å². The second kappa shape index (κ2) is 7.52. The number of hydrogen-bond acceptors (Lipinski definition) is 4. The van der Waals surface area contributed by atoms with Crippen molar-refractivity contribution in [3.05, 3.63) is 82.7 Å². The van der Waals surface area contributed by atoms with Crippen LogP contribution in [-0.4, -0.2) is 16.7 Å². The Hall–Kier alpha value is -3.28. The number of carbonyl (C=O) groups is 2. The van der Waals surface area contributed by atoms with Crippen LogP contribution < -0.4 is 10.6 Å². The zero-order chi connectivity index (χ0) is 21.5. The van der Waals surface area contributed by atoms with Crippen LogP contribution in [0.1, 0.15) is 45.1 Å². The van der Waals surface area contributed by atoms with Gasteiger partial charge in [0, 0.05) is 53.0 Å². The Morgan fingerprint density at radius 3 is 2.63 bits per heavy atom. The lowest BCUT2D eigenvalue weighted by Crippen LogP contribution is -2.39. The lowest BCUT2D eigenvalue weighted by molar-refractivity contribution is -0.118.